The quantitative estimate of drug-likeness (QED) is 0.585. The van der Waals surface area contributed by atoms with Crippen molar-refractivity contribution in [3.05, 3.63) is 35.1 Å². The average Bonchev–Trinajstić information content (AvgIpc) is 3.57. The summed E-state index contributed by atoms with van der Waals surface area (Å²) in [6.45, 7) is 6.00. The molecule has 9 heteroatoms. The Labute approximate surface area is 223 Å². The van der Waals surface area contributed by atoms with Gasteiger partial charge < -0.3 is 29.0 Å². The molecule has 0 radical (unpaired) electrons. The fourth-order valence-electron chi connectivity index (χ4n) is 7.44. The summed E-state index contributed by atoms with van der Waals surface area (Å²) < 4.78 is 30.2. The normalized spacial score (nSPS) is 32.9. The first-order valence-corrected chi connectivity index (χ1v) is 13.8. The van der Waals surface area contributed by atoms with Gasteiger partial charge in [-0.2, -0.15) is 0 Å². The second-order valence-corrected chi connectivity index (χ2v) is 11.9. The van der Waals surface area contributed by atoms with Gasteiger partial charge in [0.15, 0.2) is 23.2 Å². The van der Waals surface area contributed by atoms with Gasteiger partial charge in [0.1, 0.15) is 5.76 Å². The summed E-state index contributed by atoms with van der Waals surface area (Å²) in [5.74, 6) is 1.19. The zero-order valence-electron chi connectivity index (χ0n) is 22.8. The van der Waals surface area contributed by atoms with Crippen LogP contribution in [0.3, 0.4) is 0 Å². The summed E-state index contributed by atoms with van der Waals surface area (Å²) in [6, 6.07) is 4.15. The Balaban J connectivity index is 1.41. The van der Waals surface area contributed by atoms with E-state index in [-0.39, 0.29) is 30.6 Å². The van der Waals surface area contributed by atoms with Crippen LogP contribution in [0.25, 0.3) is 0 Å². The van der Waals surface area contributed by atoms with Gasteiger partial charge in [-0.3, -0.25) is 9.69 Å². The van der Waals surface area contributed by atoms with Crippen LogP contribution in [-0.2, 0) is 30.2 Å². The molecular formula is C29H38N2O7. The Hall–Kier alpha value is -2.78. The van der Waals surface area contributed by atoms with Crippen LogP contribution in [-0.4, -0.2) is 73.7 Å². The van der Waals surface area contributed by atoms with Crippen molar-refractivity contribution in [3.63, 3.8) is 0 Å². The predicted molar refractivity (Wildman–Crippen MR) is 138 cm³/mol. The first-order valence-electron chi connectivity index (χ1n) is 13.8. The molecule has 2 saturated heterocycles. The number of methoxy groups -OCH3 is 1. The molecule has 1 unspecified atom stereocenters. The van der Waals surface area contributed by atoms with E-state index in [1.165, 1.54) is 5.56 Å². The maximum Gasteiger partial charge on any atom is 0.339 e. The van der Waals surface area contributed by atoms with Crippen molar-refractivity contribution in [2.24, 2.45) is 0 Å². The SMILES string of the molecule is CNC(=O)C[C@]1(C(=O)OC2C(OC)=C[C@@]34CCCN3CCc3cc5c(cc3[C@H]24)OCO5)CCCC(C)(C)O1. The van der Waals surface area contributed by atoms with Crippen LogP contribution in [0.5, 0.6) is 11.5 Å². The lowest BCUT2D eigenvalue weighted by Gasteiger charge is -2.44. The third kappa shape index (κ3) is 3.97. The summed E-state index contributed by atoms with van der Waals surface area (Å²) in [7, 11) is 3.21. The van der Waals surface area contributed by atoms with E-state index < -0.39 is 23.3 Å². The average molecular weight is 527 g/mol. The van der Waals surface area contributed by atoms with Crippen LogP contribution in [0.4, 0.5) is 0 Å². The van der Waals surface area contributed by atoms with Crippen LogP contribution in [0.15, 0.2) is 24.0 Å². The van der Waals surface area contributed by atoms with Crippen LogP contribution < -0.4 is 14.8 Å². The summed E-state index contributed by atoms with van der Waals surface area (Å²) in [5, 5.41) is 2.66. The minimum absolute atomic E-state index is 0.0816. The van der Waals surface area contributed by atoms with Gasteiger partial charge in [0.25, 0.3) is 0 Å². The number of benzene rings is 1. The molecule has 1 aromatic carbocycles. The largest absolute Gasteiger partial charge is 0.497 e. The number of carbonyl (C=O) groups excluding carboxylic acids is 2. The van der Waals surface area contributed by atoms with E-state index in [1.807, 2.05) is 13.8 Å². The highest BCUT2D eigenvalue weighted by atomic mass is 16.7. The van der Waals surface area contributed by atoms with Crippen molar-refractivity contribution in [2.75, 3.05) is 34.0 Å². The van der Waals surface area contributed by atoms with E-state index >= 15 is 0 Å². The van der Waals surface area contributed by atoms with Crippen molar-refractivity contribution in [3.8, 4) is 11.5 Å². The number of hydrogen-bond acceptors (Lipinski definition) is 8. The van der Waals surface area contributed by atoms with Crippen molar-refractivity contribution in [2.45, 2.75) is 87.6 Å². The van der Waals surface area contributed by atoms with Gasteiger partial charge in [0, 0.05) is 13.6 Å². The molecule has 1 aliphatic carbocycles. The highest BCUT2D eigenvalue weighted by molar-refractivity contribution is 5.88. The lowest BCUT2D eigenvalue weighted by molar-refractivity contribution is -0.214. The van der Waals surface area contributed by atoms with Crippen molar-refractivity contribution in [1.82, 2.24) is 10.2 Å². The number of nitrogens with one attached hydrogen (secondary N) is 1. The van der Waals surface area contributed by atoms with Crippen LogP contribution in [0.1, 0.15) is 69.4 Å². The third-order valence-electron chi connectivity index (χ3n) is 9.13. The number of carbonyl (C=O) groups is 2. The van der Waals surface area contributed by atoms with E-state index in [4.69, 9.17) is 23.7 Å². The molecule has 2 fully saturated rings. The zero-order chi connectivity index (χ0) is 26.7. The van der Waals surface area contributed by atoms with Crippen molar-refractivity contribution >= 4 is 11.9 Å². The minimum Gasteiger partial charge on any atom is -0.497 e. The number of fused-ring (bicyclic) bond motifs is 3. The van der Waals surface area contributed by atoms with Crippen LogP contribution in [0.2, 0.25) is 0 Å². The fourth-order valence-corrected chi connectivity index (χ4v) is 7.44. The molecule has 206 valence electrons. The molecule has 0 aromatic heterocycles. The first-order chi connectivity index (χ1) is 18.2. The molecule has 1 aromatic rings. The van der Waals surface area contributed by atoms with Crippen molar-refractivity contribution < 1.29 is 33.3 Å². The molecule has 5 aliphatic rings. The van der Waals surface area contributed by atoms with Crippen LogP contribution >= 0.6 is 0 Å². The van der Waals surface area contributed by atoms with E-state index in [2.05, 4.69) is 28.4 Å². The summed E-state index contributed by atoms with van der Waals surface area (Å²) in [5.41, 5.74) is 0.0568. The van der Waals surface area contributed by atoms with E-state index in [0.717, 1.165) is 62.3 Å². The Morgan fingerprint density at radius 1 is 1.11 bits per heavy atom. The van der Waals surface area contributed by atoms with Gasteiger partial charge in [-0.1, -0.05) is 0 Å². The third-order valence-corrected chi connectivity index (χ3v) is 9.13. The predicted octanol–water partition coefficient (Wildman–Crippen LogP) is 3.20. The van der Waals surface area contributed by atoms with Gasteiger partial charge in [-0.05, 0) is 88.3 Å². The Morgan fingerprint density at radius 3 is 2.63 bits per heavy atom. The monoisotopic (exact) mass is 526 g/mol. The van der Waals surface area contributed by atoms with Crippen molar-refractivity contribution in [1.29, 1.82) is 0 Å². The number of esters is 1. The topological polar surface area (TPSA) is 95.6 Å². The molecule has 4 aliphatic heterocycles. The maximum absolute atomic E-state index is 14.2. The lowest BCUT2D eigenvalue weighted by atomic mass is 9.77. The van der Waals surface area contributed by atoms with E-state index in [1.54, 1.807) is 14.2 Å². The zero-order valence-corrected chi connectivity index (χ0v) is 22.8. The highest BCUT2D eigenvalue weighted by Gasteiger charge is 2.59. The molecular weight excluding hydrogens is 488 g/mol. The first kappa shape index (κ1) is 25.5. The molecule has 0 saturated carbocycles. The summed E-state index contributed by atoms with van der Waals surface area (Å²) in [4.78, 5) is 29.3. The molecule has 1 N–H and O–H groups in total. The van der Waals surface area contributed by atoms with E-state index in [0.29, 0.717) is 12.2 Å². The number of amides is 1. The number of ether oxygens (including phenoxy) is 5. The lowest BCUT2D eigenvalue weighted by Crippen LogP contribution is -2.55. The maximum atomic E-state index is 14.2. The number of rotatable bonds is 5. The standard InChI is InChI=1S/C29H38N2O7/c1-27(2)8-5-10-29(38-27,16-23(32)30-3)26(33)37-25-22(34-4)15-28-9-6-11-31(28)12-7-18-13-20-21(36-17-35-20)14-19(18)24(25)28/h13-15,24-25H,5-12,16-17H2,1-4H3,(H,30,32)/t24-,25?,28-,29+/m1/s1. The summed E-state index contributed by atoms with van der Waals surface area (Å²) >= 11 is 0. The molecule has 0 bridgehead atoms. The molecule has 6 rings (SSSR count). The Kier molecular flexibility index (Phi) is 6.14. The Morgan fingerprint density at radius 2 is 1.89 bits per heavy atom. The van der Waals surface area contributed by atoms with Gasteiger partial charge in [-0.25, -0.2) is 4.79 Å². The van der Waals surface area contributed by atoms with Gasteiger partial charge in [0.05, 0.1) is 30.6 Å². The minimum atomic E-state index is -1.35. The Bertz CT molecular complexity index is 1180. The van der Waals surface area contributed by atoms with E-state index in [9.17, 15) is 9.59 Å². The molecule has 1 spiro atoms. The molecule has 4 atom stereocenters. The summed E-state index contributed by atoms with van der Waals surface area (Å²) in [6.07, 6.45) is 6.33. The van der Waals surface area contributed by atoms with Gasteiger partial charge >= 0.3 is 5.97 Å². The molecule has 1 amide bonds. The number of nitrogens with zero attached hydrogens (tertiary/aromatic N) is 1. The van der Waals surface area contributed by atoms with Crippen LogP contribution in [0, 0.1) is 0 Å². The molecule has 38 heavy (non-hydrogen) atoms. The van der Waals surface area contributed by atoms with Gasteiger partial charge in [0.2, 0.25) is 12.7 Å². The smallest absolute Gasteiger partial charge is 0.339 e. The number of hydrogen-bond donors (Lipinski definition) is 1. The molecule has 9 nitrogen and oxygen atoms in total. The highest BCUT2D eigenvalue weighted by Crippen LogP contribution is 2.56. The molecule has 4 heterocycles. The fraction of sp³-hybridized carbons (Fsp3) is 0.655. The van der Waals surface area contributed by atoms with Gasteiger partial charge in [-0.15, -0.1) is 0 Å². The second kappa shape index (κ2) is 9.16. The second-order valence-electron chi connectivity index (χ2n) is 11.9.